The zero-order chi connectivity index (χ0) is 18.1. The third-order valence-electron chi connectivity index (χ3n) is 5.21. The summed E-state index contributed by atoms with van der Waals surface area (Å²) in [6, 6.07) is 8.44. The highest BCUT2D eigenvalue weighted by atomic mass is 16.2. The second-order valence-corrected chi connectivity index (χ2v) is 6.88. The van der Waals surface area contributed by atoms with Gasteiger partial charge in [0.25, 0.3) is 0 Å². The van der Waals surface area contributed by atoms with E-state index in [4.69, 9.17) is 0 Å². The molecular formula is C20H26N4O. The topological polar surface area (TPSA) is 58.1 Å². The molecule has 2 heterocycles. The van der Waals surface area contributed by atoms with Gasteiger partial charge in [0.05, 0.1) is 6.04 Å². The summed E-state index contributed by atoms with van der Waals surface area (Å²) < 4.78 is 0. The van der Waals surface area contributed by atoms with Crippen LogP contribution in [0.2, 0.25) is 0 Å². The number of benzene rings is 1. The number of nitrogens with zero attached hydrogens (tertiary/aromatic N) is 3. The number of fused-ring (bicyclic) bond motifs is 1. The second-order valence-electron chi connectivity index (χ2n) is 6.88. The van der Waals surface area contributed by atoms with E-state index in [2.05, 4.69) is 54.3 Å². The molecule has 132 valence electrons. The number of nitrogens with one attached hydrogen (secondary N) is 1. The van der Waals surface area contributed by atoms with E-state index in [0.717, 1.165) is 23.4 Å². The fraction of sp³-hybridized carbons (Fsp3) is 0.450. The molecule has 5 heteroatoms. The number of hydrogen-bond acceptors (Lipinski definition) is 4. The molecular weight excluding hydrogens is 312 g/mol. The molecule has 1 amide bonds. The summed E-state index contributed by atoms with van der Waals surface area (Å²) in [7, 11) is 0. The normalized spacial score (nSPS) is 22.4. The Morgan fingerprint density at radius 3 is 2.68 bits per heavy atom. The van der Waals surface area contributed by atoms with Crippen LogP contribution in [0.15, 0.2) is 30.5 Å². The molecule has 1 aromatic heterocycles. The van der Waals surface area contributed by atoms with Gasteiger partial charge in [0.1, 0.15) is 0 Å². The monoisotopic (exact) mass is 338 g/mol. The minimum atomic E-state index is 0.0638. The lowest BCUT2D eigenvalue weighted by molar-refractivity contribution is -0.117. The maximum atomic E-state index is 12.3. The quantitative estimate of drug-likeness (QED) is 0.922. The maximum Gasteiger partial charge on any atom is 0.224 e. The molecule has 0 saturated carbocycles. The molecule has 3 rings (SSSR count). The summed E-state index contributed by atoms with van der Waals surface area (Å²) in [5.74, 6) is 0.941. The van der Waals surface area contributed by atoms with Gasteiger partial charge in [-0.3, -0.25) is 4.79 Å². The predicted molar refractivity (Wildman–Crippen MR) is 101 cm³/mol. The molecule has 25 heavy (non-hydrogen) atoms. The molecule has 0 saturated heterocycles. The van der Waals surface area contributed by atoms with Gasteiger partial charge in [-0.1, -0.05) is 26.0 Å². The Hall–Kier alpha value is -2.43. The fourth-order valence-electron chi connectivity index (χ4n) is 3.63. The summed E-state index contributed by atoms with van der Waals surface area (Å²) in [5.41, 5.74) is 4.33. The maximum absolute atomic E-state index is 12.3. The van der Waals surface area contributed by atoms with Gasteiger partial charge < -0.3 is 10.2 Å². The molecule has 2 aromatic rings. The first-order valence-corrected chi connectivity index (χ1v) is 8.91. The van der Waals surface area contributed by atoms with Gasteiger partial charge in [-0.25, -0.2) is 9.97 Å². The van der Waals surface area contributed by atoms with Crippen LogP contribution in [0.5, 0.6) is 0 Å². The van der Waals surface area contributed by atoms with E-state index >= 15 is 0 Å². The smallest absolute Gasteiger partial charge is 0.224 e. The predicted octanol–water partition coefficient (Wildman–Crippen LogP) is 3.89. The van der Waals surface area contributed by atoms with E-state index in [-0.39, 0.29) is 23.9 Å². The van der Waals surface area contributed by atoms with Crippen molar-refractivity contribution in [1.82, 2.24) is 9.97 Å². The number of carbonyl (C=O) groups excluding carboxylic acids is 1. The summed E-state index contributed by atoms with van der Waals surface area (Å²) in [6.07, 6.45) is 2.73. The van der Waals surface area contributed by atoms with Gasteiger partial charge in [0.2, 0.25) is 11.9 Å². The van der Waals surface area contributed by atoms with Crippen molar-refractivity contribution in [3.8, 4) is 0 Å². The molecule has 0 bridgehead atoms. The van der Waals surface area contributed by atoms with Crippen molar-refractivity contribution in [3.63, 3.8) is 0 Å². The van der Waals surface area contributed by atoms with Crippen LogP contribution in [-0.4, -0.2) is 21.9 Å². The molecule has 0 radical (unpaired) electrons. The second kappa shape index (κ2) is 6.82. The van der Waals surface area contributed by atoms with Crippen LogP contribution in [0.25, 0.3) is 0 Å². The lowest BCUT2D eigenvalue weighted by Crippen LogP contribution is -2.48. The molecule has 0 spiro atoms. The van der Waals surface area contributed by atoms with Gasteiger partial charge >= 0.3 is 0 Å². The van der Waals surface area contributed by atoms with E-state index in [0.29, 0.717) is 5.95 Å². The Morgan fingerprint density at radius 1 is 1.28 bits per heavy atom. The van der Waals surface area contributed by atoms with E-state index in [1.165, 1.54) is 5.56 Å². The first kappa shape index (κ1) is 17.4. The lowest BCUT2D eigenvalue weighted by atomic mass is 9.82. The highest BCUT2D eigenvalue weighted by Crippen LogP contribution is 2.42. The zero-order valence-electron chi connectivity index (χ0n) is 15.6. The van der Waals surface area contributed by atoms with Crippen LogP contribution in [0, 0.1) is 12.8 Å². The van der Waals surface area contributed by atoms with E-state index in [9.17, 15) is 4.79 Å². The summed E-state index contributed by atoms with van der Waals surface area (Å²) in [5, 5.41) is 3.51. The van der Waals surface area contributed by atoms with Crippen molar-refractivity contribution < 1.29 is 4.79 Å². The molecule has 1 N–H and O–H groups in total. The summed E-state index contributed by atoms with van der Waals surface area (Å²) >= 11 is 0. The standard InChI is InChI=1S/C20H26N4O/c1-6-16-7-8-18-17(11-16)19(13(3)14(4)24(18)15(5)25)23-20-21-10-9-12(2)22-20/h7-11,13-14,19H,6H2,1-5H3,(H,21,22,23)/t13?,14-,19?/m0/s1. The van der Waals surface area contributed by atoms with Gasteiger partial charge in [0.15, 0.2) is 0 Å². The molecule has 3 atom stereocenters. The summed E-state index contributed by atoms with van der Waals surface area (Å²) in [4.78, 5) is 23.0. The SMILES string of the molecule is CCc1ccc2c(c1)C(Nc1nccc(C)n1)C(C)[C@H](C)N2C(C)=O. The lowest BCUT2D eigenvalue weighted by Gasteiger charge is -2.44. The largest absolute Gasteiger partial charge is 0.347 e. The molecule has 1 aromatic carbocycles. The molecule has 0 aliphatic carbocycles. The number of aromatic nitrogens is 2. The highest BCUT2D eigenvalue weighted by Gasteiger charge is 2.38. The van der Waals surface area contributed by atoms with Gasteiger partial charge in [-0.05, 0) is 43.5 Å². The fourth-order valence-corrected chi connectivity index (χ4v) is 3.63. The Bertz CT molecular complexity index is 789. The van der Waals surface area contributed by atoms with Gasteiger partial charge in [-0.2, -0.15) is 0 Å². The highest BCUT2D eigenvalue weighted by molar-refractivity contribution is 5.94. The zero-order valence-corrected chi connectivity index (χ0v) is 15.6. The van der Waals surface area contributed by atoms with E-state index < -0.39 is 0 Å². The number of anilines is 2. The molecule has 5 nitrogen and oxygen atoms in total. The van der Waals surface area contributed by atoms with Crippen LogP contribution in [0.1, 0.15) is 50.6 Å². The summed E-state index contributed by atoms with van der Waals surface area (Å²) in [6.45, 7) is 10.0. The molecule has 2 unspecified atom stereocenters. The average molecular weight is 338 g/mol. The Morgan fingerprint density at radius 2 is 2.04 bits per heavy atom. The van der Waals surface area contributed by atoms with Crippen molar-refractivity contribution >= 4 is 17.5 Å². The Balaban J connectivity index is 2.08. The number of amides is 1. The van der Waals surface area contributed by atoms with Crippen molar-refractivity contribution in [2.75, 3.05) is 10.2 Å². The third-order valence-corrected chi connectivity index (χ3v) is 5.21. The number of hydrogen-bond donors (Lipinski definition) is 1. The average Bonchev–Trinajstić information content (AvgIpc) is 2.58. The third kappa shape index (κ3) is 3.23. The number of aryl methyl sites for hydroxylation is 2. The number of carbonyl (C=O) groups is 1. The first-order chi connectivity index (χ1) is 11.9. The van der Waals surface area contributed by atoms with Crippen LogP contribution in [0.4, 0.5) is 11.6 Å². The van der Waals surface area contributed by atoms with Crippen molar-refractivity contribution in [2.45, 2.75) is 53.1 Å². The molecule has 1 aliphatic heterocycles. The van der Waals surface area contributed by atoms with Crippen molar-refractivity contribution in [3.05, 3.63) is 47.3 Å². The van der Waals surface area contributed by atoms with Gasteiger partial charge in [0, 0.05) is 36.5 Å². The van der Waals surface area contributed by atoms with Crippen LogP contribution in [-0.2, 0) is 11.2 Å². The van der Waals surface area contributed by atoms with E-state index in [1.807, 2.05) is 17.9 Å². The Kier molecular flexibility index (Phi) is 4.75. The van der Waals surface area contributed by atoms with Crippen molar-refractivity contribution in [2.24, 2.45) is 5.92 Å². The molecule has 0 fully saturated rings. The van der Waals surface area contributed by atoms with E-state index in [1.54, 1.807) is 13.1 Å². The first-order valence-electron chi connectivity index (χ1n) is 8.91. The van der Waals surface area contributed by atoms with Gasteiger partial charge in [-0.15, -0.1) is 0 Å². The number of rotatable bonds is 3. The van der Waals surface area contributed by atoms with Crippen molar-refractivity contribution in [1.29, 1.82) is 0 Å². The van der Waals surface area contributed by atoms with Crippen LogP contribution < -0.4 is 10.2 Å². The molecule has 1 aliphatic rings. The van der Waals surface area contributed by atoms with Crippen LogP contribution >= 0.6 is 0 Å². The minimum Gasteiger partial charge on any atom is -0.347 e. The Labute approximate surface area is 149 Å². The van der Waals surface area contributed by atoms with Crippen LogP contribution in [0.3, 0.4) is 0 Å². The minimum absolute atomic E-state index is 0.0638.